The van der Waals surface area contributed by atoms with Crippen molar-refractivity contribution in [2.24, 2.45) is 5.41 Å². The van der Waals surface area contributed by atoms with Crippen molar-refractivity contribution in [1.82, 2.24) is 0 Å². The second-order valence-electron chi connectivity index (χ2n) is 5.45. The van der Waals surface area contributed by atoms with Gasteiger partial charge in [0.25, 0.3) is 0 Å². The van der Waals surface area contributed by atoms with Gasteiger partial charge in [-0.1, -0.05) is 50.0 Å². The van der Waals surface area contributed by atoms with Gasteiger partial charge in [-0.2, -0.15) is 11.1 Å². The molecule has 1 atom stereocenters. The average Bonchev–Trinajstić information content (AvgIpc) is 2.84. The van der Waals surface area contributed by atoms with E-state index in [2.05, 4.69) is 65.8 Å². The first-order chi connectivity index (χ1) is 8.29. The summed E-state index contributed by atoms with van der Waals surface area (Å²) in [5.74, 6) is 0. The maximum Gasteiger partial charge on any atom is -0.147 e. The summed E-state index contributed by atoms with van der Waals surface area (Å²) in [6.07, 6.45) is 11.3. The molecular weight excluding hydrogens is 366 g/mol. The van der Waals surface area contributed by atoms with Crippen molar-refractivity contribution >= 4 is 28.0 Å². The number of hydrogen-bond donors (Lipinski definition) is 0. The van der Waals surface area contributed by atoms with Gasteiger partial charge in [0.05, 0.1) is 0 Å². The summed E-state index contributed by atoms with van der Waals surface area (Å²) in [5.41, 5.74) is 5.74. The van der Waals surface area contributed by atoms with Crippen molar-refractivity contribution in [1.29, 1.82) is 0 Å². The molecule has 0 fully saturated rings. The van der Waals surface area contributed by atoms with Crippen LogP contribution < -0.4 is 0 Å². The van der Waals surface area contributed by atoms with Gasteiger partial charge in [-0.3, -0.25) is 6.08 Å². The first-order valence-electron chi connectivity index (χ1n) is 6.47. The van der Waals surface area contributed by atoms with Gasteiger partial charge in [-0.05, 0) is 6.42 Å². The zero-order chi connectivity index (χ0) is 13.9. The molecular formula is C17H25Cl2Zr-. The van der Waals surface area contributed by atoms with E-state index in [1.807, 2.05) is 0 Å². The molecule has 0 saturated heterocycles. The second-order valence-corrected chi connectivity index (χ2v) is 7.91. The van der Waals surface area contributed by atoms with Crippen LogP contribution in [0.15, 0.2) is 40.5 Å². The van der Waals surface area contributed by atoms with E-state index in [0.717, 1.165) is 6.42 Å². The third-order valence-electron chi connectivity index (χ3n) is 3.73. The van der Waals surface area contributed by atoms with E-state index in [9.17, 15) is 0 Å². The fourth-order valence-electron chi connectivity index (χ4n) is 2.36. The SMILES string of the molecule is CC1=[C-]C(C)(C2=CC=CC2)C(C)=C1C.C[C](C)=[Zr].Cl.Cl. The number of halogens is 2. The molecule has 0 saturated carbocycles. The van der Waals surface area contributed by atoms with Crippen molar-refractivity contribution in [3.8, 4) is 0 Å². The Morgan fingerprint density at radius 3 is 2.00 bits per heavy atom. The molecule has 0 aromatic rings. The molecule has 0 aromatic heterocycles. The molecule has 0 amide bonds. The van der Waals surface area contributed by atoms with E-state index in [0.29, 0.717) is 0 Å². The minimum absolute atomic E-state index is 0. The Labute approximate surface area is 151 Å². The molecule has 0 radical (unpaired) electrons. The zero-order valence-corrected chi connectivity index (χ0v) is 17.3. The molecule has 2 aliphatic rings. The monoisotopic (exact) mass is 389 g/mol. The van der Waals surface area contributed by atoms with Crippen molar-refractivity contribution in [2.45, 2.75) is 48.0 Å². The van der Waals surface area contributed by atoms with Gasteiger partial charge in [-0.25, -0.2) is 5.57 Å². The number of hydrogen-bond acceptors (Lipinski definition) is 0. The average molecular weight is 392 g/mol. The number of allylic oxidation sites excluding steroid dienone is 8. The van der Waals surface area contributed by atoms with Gasteiger partial charge >= 0.3 is 41.3 Å². The zero-order valence-electron chi connectivity index (χ0n) is 13.3. The summed E-state index contributed by atoms with van der Waals surface area (Å²) in [6, 6.07) is 0. The fraction of sp³-hybridized carbons (Fsp3) is 0.471. The molecule has 0 aromatic carbocycles. The predicted octanol–water partition coefficient (Wildman–Crippen LogP) is 5.57. The van der Waals surface area contributed by atoms with Crippen LogP contribution in [0.25, 0.3) is 0 Å². The van der Waals surface area contributed by atoms with Crippen LogP contribution in [0.1, 0.15) is 48.0 Å². The first kappa shape index (κ1) is 22.6. The molecule has 0 bridgehead atoms. The maximum atomic E-state index is 3.61. The minimum Gasteiger partial charge on any atom is -0.147 e. The first-order valence-corrected chi connectivity index (χ1v) is 7.70. The van der Waals surface area contributed by atoms with Gasteiger partial charge in [0.15, 0.2) is 0 Å². The molecule has 0 heterocycles. The van der Waals surface area contributed by atoms with E-state index < -0.39 is 0 Å². The summed E-state index contributed by atoms with van der Waals surface area (Å²) >= 11 is 1.55. The topological polar surface area (TPSA) is 0 Å². The smallest absolute Gasteiger partial charge is 0.147 e. The largest absolute Gasteiger partial charge is 0.147 e. The van der Waals surface area contributed by atoms with Gasteiger partial charge in [0, 0.05) is 0 Å². The van der Waals surface area contributed by atoms with E-state index in [1.54, 1.807) is 24.2 Å². The molecule has 1 unspecified atom stereocenters. The van der Waals surface area contributed by atoms with Crippen LogP contribution >= 0.6 is 24.8 Å². The predicted molar refractivity (Wildman–Crippen MR) is 91.6 cm³/mol. The normalized spacial score (nSPS) is 23.1. The van der Waals surface area contributed by atoms with Crippen LogP contribution in [0.4, 0.5) is 0 Å². The molecule has 3 heteroatoms. The van der Waals surface area contributed by atoms with E-state index in [-0.39, 0.29) is 30.2 Å². The van der Waals surface area contributed by atoms with Crippen LogP contribution in [0.5, 0.6) is 0 Å². The summed E-state index contributed by atoms with van der Waals surface area (Å²) in [7, 11) is 0. The molecule has 20 heavy (non-hydrogen) atoms. The van der Waals surface area contributed by atoms with Crippen molar-refractivity contribution in [3.05, 3.63) is 46.6 Å². The van der Waals surface area contributed by atoms with Gasteiger partial charge in [0.2, 0.25) is 0 Å². The molecule has 112 valence electrons. The Bertz CT molecular complexity index is 477. The summed E-state index contributed by atoms with van der Waals surface area (Å²) < 4.78 is 1.51. The molecule has 2 aliphatic carbocycles. The molecule has 0 nitrogen and oxygen atoms in total. The third kappa shape index (κ3) is 5.25. The molecule has 0 aliphatic heterocycles. The maximum absolute atomic E-state index is 3.61. The quantitative estimate of drug-likeness (QED) is 0.513. The van der Waals surface area contributed by atoms with E-state index in [4.69, 9.17) is 0 Å². The standard InChI is InChI=1S/C14H17.C3H6.2ClH.Zr/c1-10-9-14(4,12(3)11(10)2)13-7-5-6-8-13;1-3-2;;;/h5-7H,8H2,1-4H3;1-2H3;2*1H;/q-1;;;;. The Hall–Kier alpha value is 0.293. The summed E-state index contributed by atoms with van der Waals surface area (Å²) in [4.78, 5) is 0. The Morgan fingerprint density at radius 2 is 1.70 bits per heavy atom. The van der Waals surface area contributed by atoms with Crippen LogP contribution in [-0.4, -0.2) is 3.21 Å². The minimum atomic E-state index is 0. The van der Waals surface area contributed by atoms with Crippen molar-refractivity contribution < 1.29 is 24.2 Å². The Morgan fingerprint density at radius 1 is 1.20 bits per heavy atom. The van der Waals surface area contributed by atoms with Gasteiger partial charge in [0.1, 0.15) is 0 Å². The van der Waals surface area contributed by atoms with E-state index in [1.165, 1.54) is 25.5 Å². The van der Waals surface area contributed by atoms with Gasteiger partial charge in [-0.15, -0.1) is 31.7 Å². The third-order valence-corrected chi connectivity index (χ3v) is 3.73. The summed E-state index contributed by atoms with van der Waals surface area (Å²) in [6.45, 7) is 13.1. The Balaban J connectivity index is 0. The fourth-order valence-corrected chi connectivity index (χ4v) is 2.36. The van der Waals surface area contributed by atoms with E-state index >= 15 is 0 Å². The number of rotatable bonds is 1. The van der Waals surface area contributed by atoms with Crippen LogP contribution in [0.3, 0.4) is 0 Å². The molecule has 0 N–H and O–H groups in total. The van der Waals surface area contributed by atoms with Gasteiger partial charge < -0.3 is 0 Å². The summed E-state index contributed by atoms with van der Waals surface area (Å²) in [5, 5.41) is 0. The van der Waals surface area contributed by atoms with Crippen molar-refractivity contribution in [2.75, 3.05) is 0 Å². The second kappa shape index (κ2) is 9.34. The van der Waals surface area contributed by atoms with Crippen LogP contribution in [0, 0.1) is 11.5 Å². The molecule has 0 spiro atoms. The Kier molecular flexibility index (Phi) is 10.5. The van der Waals surface area contributed by atoms with Crippen LogP contribution in [-0.2, 0) is 24.2 Å². The van der Waals surface area contributed by atoms with Crippen LogP contribution in [0.2, 0.25) is 0 Å². The molecule has 2 rings (SSSR count). The van der Waals surface area contributed by atoms with Crippen molar-refractivity contribution in [3.63, 3.8) is 0 Å².